The maximum Gasteiger partial charge on any atom is 0.135 e. The average molecular weight is 265 g/mol. The first kappa shape index (κ1) is 12.0. The van der Waals surface area contributed by atoms with E-state index in [-0.39, 0.29) is 0 Å². The summed E-state index contributed by atoms with van der Waals surface area (Å²) in [7, 11) is 2.13. The third kappa shape index (κ3) is 1.83. The molecule has 1 aromatic heterocycles. The van der Waals surface area contributed by atoms with Crippen molar-refractivity contribution in [1.29, 1.82) is 0 Å². The quantitative estimate of drug-likeness (QED) is 0.907. The van der Waals surface area contributed by atoms with Crippen molar-refractivity contribution in [3.05, 3.63) is 34.0 Å². The van der Waals surface area contributed by atoms with Crippen molar-refractivity contribution in [3.63, 3.8) is 0 Å². The highest BCUT2D eigenvalue weighted by Crippen LogP contribution is 2.36. The van der Waals surface area contributed by atoms with Gasteiger partial charge >= 0.3 is 0 Å². The van der Waals surface area contributed by atoms with E-state index in [9.17, 15) is 0 Å². The van der Waals surface area contributed by atoms with Gasteiger partial charge in [-0.1, -0.05) is 11.6 Å². The van der Waals surface area contributed by atoms with Gasteiger partial charge in [-0.2, -0.15) is 0 Å². The zero-order valence-corrected chi connectivity index (χ0v) is 11.3. The third-order valence-electron chi connectivity index (χ3n) is 3.63. The van der Waals surface area contributed by atoms with Crippen LogP contribution in [-0.4, -0.2) is 25.0 Å². The number of likely N-dealkylation sites (N-methyl/N-ethyl adjacent to an activating group) is 1. The second-order valence-corrected chi connectivity index (χ2v) is 5.34. The second kappa shape index (κ2) is 4.57. The molecule has 18 heavy (non-hydrogen) atoms. The van der Waals surface area contributed by atoms with Gasteiger partial charge in [0.1, 0.15) is 11.3 Å². The van der Waals surface area contributed by atoms with E-state index in [0.29, 0.717) is 6.54 Å². The molecule has 3 nitrogen and oxygen atoms in total. The van der Waals surface area contributed by atoms with E-state index in [1.54, 1.807) is 0 Å². The van der Waals surface area contributed by atoms with Crippen molar-refractivity contribution < 1.29 is 4.42 Å². The molecule has 0 aliphatic carbocycles. The normalized spacial score (nSPS) is 16.2. The SMILES string of the molecule is CN1CCc2c(Cl)ccc3oc(CCN)c(c23)C1. The maximum absolute atomic E-state index is 6.33. The summed E-state index contributed by atoms with van der Waals surface area (Å²) in [6.07, 6.45) is 1.76. The Labute approximate surface area is 111 Å². The average Bonchev–Trinajstić information content (AvgIpc) is 2.56. The molecule has 4 heteroatoms. The van der Waals surface area contributed by atoms with Gasteiger partial charge in [0.15, 0.2) is 0 Å². The molecule has 1 aromatic carbocycles. The molecule has 3 rings (SSSR count). The minimum absolute atomic E-state index is 0.611. The predicted octanol–water partition coefficient (Wildman–Crippen LogP) is 2.58. The van der Waals surface area contributed by atoms with Crippen LogP contribution in [0.5, 0.6) is 0 Å². The first-order valence-corrected chi connectivity index (χ1v) is 6.68. The molecule has 0 saturated carbocycles. The molecule has 2 aromatic rings. The molecule has 0 unspecified atom stereocenters. The largest absolute Gasteiger partial charge is 0.461 e. The molecule has 96 valence electrons. The van der Waals surface area contributed by atoms with Crippen LogP contribution >= 0.6 is 11.6 Å². The van der Waals surface area contributed by atoms with E-state index in [1.165, 1.54) is 16.5 Å². The molecular formula is C14H17ClN2O. The minimum Gasteiger partial charge on any atom is -0.461 e. The van der Waals surface area contributed by atoms with E-state index < -0.39 is 0 Å². The van der Waals surface area contributed by atoms with Crippen LogP contribution in [-0.2, 0) is 19.4 Å². The van der Waals surface area contributed by atoms with Gasteiger partial charge < -0.3 is 15.1 Å². The number of nitrogens with zero attached hydrogens (tertiary/aromatic N) is 1. The molecule has 1 aliphatic heterocycles. The van der Waals surface area contributed by atoms with Crippen molar-refractivity contribution in [2.45, 2.75) is 19.4 Å². The minimum atomic E-state index is 0.611. The molecule has 0 radical (unpaired) electrons. The van der Waals surface area contributed by atoms with Crippen molar-refractivity contribution in [2.75, 3.05) is 20.1 Å². The van der Waals surface area contributed by atoms with Crippen molar-refractivity contribution in [2.24, 2.45) is 5.73 Å². The lowest BCUT2D eigenvalue weighted by Crippen LogP contribution is -2.19. The van der Waals surface area contributed by atoms with Crippen LogP contribution in [0.3, 0.4) is 0 Å². The van der Waals surface area contributed by atoms with Gasteiger partial charge in [-0.3, -0.25) is 0 Å². The zero-order valence-electron chi connectivity index (χ0n) is 10.5. The molecule has 1 aliphatic rings. The maximum atomic E-state index is 6.33. The van der Waals surface area contributed by atoms with Gasteiger partial charge in [0, 0.05) is 35.5 Å². The number of furan rings is 1. The van der Waals surface area contributed by atoms with Gasteiger partial charge in [-0.05, 0) is 37.7 Å². The summed E-state index contributed by atoms with van der Waals surface area (Å²) in [5.74, 6) is 1.02. The number of nitrogens with two attached hydrogens (primary N) is 1. The van der Waals surface area contributed by atoms with Crippen LogP contribution < -0.4 is 5.73 Å². The van der Waals surface area contributed by atoms with Crippen LogP contribution in [0.25, 0.3) is 11.0 Å². The van der Waals surface area contributed by atoms with Gasteiger partial charge in [-0.15, -0.1) is 0 Å². The number of hydrogen-bond acceptors (Lipinski definition) is 3. The predicted molar refractivity (Wildman–Crippen MR) is 74.0 cm³/mol. The van der Waals surface area contributed by atoms with Crippen molar-refractivity contribution in [1.82, 2.24) is 4.90 Å². The lowest BCUT2D eigenvalue weighted by atomic mass is 10.0. The Morgan fingerprint density at radius 1 is 1.39 bits per heavy atom. The number of rotatable bonds is 2. The fourth-order valence-electron chi connectivity index (χ4n) is 2.75. The summed E-state index contributed by atoms with van der Waals surface area (Å²) in [5, 5.41) is 2.06. The van der Waals surface area contributed by atoms with Gasteiger partial charge in [0.2, 0.25) is 0 Å². The highest BCUT2D eigenvalue weighted by molar-refractivity contribution is 6.32. The van der Waals surface area contributed by atoms with Gasteiger partial charge in [0.05, 0.1) is 0 Å². The Kier molecular flexibility index (Phi) is 3.06. The Bertz CT molecular complexity index is 591. The summed E-state index contributed by atoms with van der Waals surface area (Å²) < 4.78 is 5.94. The Hall–Kier alpha value is -1.03. The van der Waals surface area contributed by atoms with Crippen LogP contribution in [0.1, 0.15) is 16.9 Å². The Morgan fingerprint density at radius 2 is 2.22 bits per heavy atom. The molecule has 0 bridgehead atoms. The third-order valence-corrected chi connectivity index (χ3v) is 3.99. The van der Waals surface area contributed by atoms with Crippen LogP contribution in [0.4, 0.5) is 0 Å². The van der Waals surface area contributed by atoms with E-state index in [1.807, 2.05) is 12.1 Å². The monoisotopic (exact) mass is 264 g/mol. The van der Waals surface area contributed by atoms with E-state index in [4.69, 9.17) is 21.8 Å². The van der Waals surface area contributed by atoms with Gasteiger partial charge in [0.25, 0.3) is 0 Å². The molecule has 0 atom stereocenters. The molecule has 0 spiro atoms. The van der Waals surface area contributed by atoms with Crippen LogP contribution in [0, 0.1) is 0 Å². The summed E-state index contributed by atoms with van der Waals surface area (Å²) >= 11 is 6.33. The fourth-order valence-corrected chi connectivity index (χ4v) is 3.00. The lowest BCUT2D eigenvalue weighted by molar-refractivity contribution is 0.332. The molecular weight excluding hydrogens is 248 g/mol. The Balaban J connectivity index is 2.28. The van der Waals surface area contributed by atoms with E-state index in [0.717, 1.165) is 42.3 Å². The van der Waals surface area contributed by atoms with Crippen LogP contribution in [0.2, 0.25) is 5.02 Å². The molecule has 2 heterocycles. The summed E-state index contributed by atoms with van der Waals surface area (Å²) in [5.41, 5.74) is 9.11. The highest BCUT2D eigenvalue weighted by atomic mass is 35.5. The zero-order chi connectivity index (χ0) is 12.7. The summed E-state index contributed by atoms with van der Waals surface area (Å²) in [4.78, 5) is 2.31. The number of benzene rings is 1. The van der Waals surface area contributed by atoms with Crippen LogP contribution in [0.15, 0.2) is 16.5 Å². The molecule has 0 saturated heterocycles. The van der Waals surface area contributed by atoms with Crippen molar-refractivity contribution in [3.8, 4) is 0 Å². The first-order valence-electron chi connectivity index (χ1n) is 6.31. The topological polar surface area (TPSA) is 42.4 Å². The fraction of sp³-hybridized carbons (Fsp3) is 0.429. The van der Waals surface area contributed by atoms with Crippen molar-refractivity contribution >= 4 is 22.6 Å². The van der Waals surface area contributed by atoms with Gasteiger partial charge in [-0.25, -0.2) is 0 Å². The second-order valence-electron chi connectivity index (χ2n) is 4.93. The summed E-state index contributed by atoms with van der Waals surface area (Å²) in [6, 6.07) is 3.90. The lowest BCUT2D eigenvalue weighted by Gasteiger charge is -2.13. The first-order chi connectivity index (χ1) is 8.70. The summed E-state index contributed by atoms with van der Waals surface area (Å²) in [6.45, 7) is 2.55. The number of hydrogen-bond donors (Lipinski definition) is 1. The van der Waals surface area contributed by atoms with E-state index in [2.05, 4.69) is 11.9 Å². The standard InChI is InChI=1S/C14H17ClN2O/c1-17-7-5-9-11(15)2-3-13-14(9)10(8-17)12(18-13)4-6-16/h2-3H,4-8,16H2,1H3. The molecule has 2 N–H and O–H groups in total. The smallest absolute Gasteiger partial charge is 0.135 e. The highest BCUT2D eigenvalue weighted by Gasteiger charge is 2.22. The molecule has 0 amide bonds. The molecule has 0 fully saturated rings. The Morgan fingerprint density at radius 3 is 3.00 bits per heavy atom. The number of halogens is 1. The van der Waals surface area contributed by atoms with E-state index >= 15 is 0 Å².